The maximum Gasteiger partial charge on any atom is 0.224 e. The summed E-state index contributed by atoms with van der Waals surface area (Å²) < 4.78 is 10.5. The number of carbonyl (C=O) groups excluding carboxylic acids is 1. The number of piperidine rings is 1. The third kappa shape index (κ3) is 5.17. The number of nitrogens with one attached hydrogen (secondary N) is 2. The van der Waals surface area contributed by atoms with E-state index in [2.05, 4.69) is 26.5 Å². The maximum atomic E-state index is 12.6. The van der Waals surface area contributed by atoms with Crippen LogP contribution in [-0.4, -0.2) is 49.5 Å². The molecule has 0 unspecified atom stereocenters. The van der Waals surface area contributed by atoms with Gasteiger partial charge in [-0.2, -0.15) is 5.10 Å². The molecule has 4 rings (SSSR count). The Kier molecular flexibility index (Phi) is 6.40. The smallest absolute Gasteiger partial charge is 0.224 e. The van der Waals surface area contributed by atoms with Gasteiger partial charge < -0.3 is 19.7 Å². The number of ether oxygens (including phenoxy) is 2. The van der Waals surface area contributed by atoms with Gasteiger partial charge >= 0.3 is 0 Å². The molecule has 2 N–H and O–H groups in total. The van der Waals surface area contributed by atoms with Gasteiger partial charge in [-0.1, -0.05) is 12.1 Å². The van der Waals surface area contributed by atoms with Crippen LogP contribution in [0.2, 0.25) is 0 Å². The highest BCUT2D eigenvalue weighted by atomic mass is 16.5. The predicted molar refractivity (Wildman–Crippen MR) is 121 cm³/mol. The summed E-state index contributed by atoms with van der Waals surface area (Å²) in [5.41, 5.74) is 2.96. The summed E-state index contributed by atoms with van der Waals surface area (Å²) in [4.78, 5) is 14.8. The lowest BCUT2D eigenvalue weighted by atomic mass is 10.0. The highest BCUT2D eigenvalue weighted by Gasteiger charge is 2.23. The standard InChI is InChI=1S/C24H28N4O3/c1-30-20-10-8-18(9-11-20)22-15-23(27-26-22)28-12-4-6-19(16-28)25-24(29)14-17-5-3-7-21(13-17)31-2/h3,5,7-11,13,15,19H,4,6,12,14,16H2,1-2H3,(H,25,29)(H,26,27)/t19-/m1/s1. The minimum absolute atomic E-state index is 0.0288. The number of hydrogen-bond acceptors (Lipinski definition) is 5. The van der Waals surface area contributed by atoms with E-state index in [-0.39, 0.29) is 11.9 Å². The van der Waals surface area contributed by atoms with Crippen LogP contribution in [0.3, 0.4) is 0 Å². The van der Waals surface area contributed by atoms with Crippen molar-refractivity contribution in [3.8, 4) is 22.8 Å². The van der Waals surface area contributed by atoms with E-state index in [1.54, 1.807) is 14.2 Å². The molecule has 1 amide bonds. The van der Waals surface area contributed by atoms with E-state index in [0.29, 0.717) is 6.42 Å². The largest absolute Gasteiger partial charge is 0.497 e. The van der Waals surface area contributed by atoms with Crippen LogP contribution in [0.1, 0.15) is 18.4 Å². The van der Waals surface area contributed by atoms with Crippen LogP contribution in [0.4, 0.5) is 5.82 Å². The number of H-pyrrole nitrogens is 1. The number of amides is 1. The fourth-order valence-electron chi connectivity index (χ4n) is 3.94. The van der Waals surface area contributed by atoms with Gasteiger partial charge in [0.25, 0.3) is 0 Å². The Balaban J connectivity index is 1.36. The average molecular weight is 421 g/mol. The van der Waals surface area contributed by atoms with E-state index in [0.717, 1.165) is 60.1 Å². The van der Waals surface area contributed by atoms with Crippen molar-refractivity contribution in [2.45, 2.75) is 25.3 Å². The third-order valence-corrected chi connectivity index (χ3v) is 5.57. The number of benzene rings is 2. The molecule has 3 aromatic rings. The van der Waals surface area contributed by atoms with Crippen molar-refractivity contribution in [1.29, 1.82) is 0 Å². The first-order chi connectivity index (χ1) is 15.1. The van der Waals surface area contributed by atoms with Crippen molar-refractivity contribution >= 4 is 11.7 Å². The molecule has 1 aliphatic heterocycles. The molecule has 0 spiro atoms. The van der Waals surface area contributed by atoms with E-state index in [1.165, 1.54) is 0 Å². The molecular weight excluding hydrogens is 392 g/mol. The number of carbonyl (C=O) groups is 1. The first-order valence-corrected chi connectivity index (χ1v) is 10.5. The minimum atomic E-state index is 0.0288. The summed E-state index contributed by atoms with van der Waals surface area (Å²) in [7, 11) is 3.29. The van der Waals surface area contributed by atoms with Crippen LogP contribution in [0.15, 0.2) is 54.6 Å². The Bertz CT molecular complexity index is 1020. The summed E-state index contributed by atoms with van der Waals surface area (Å²) >= 11 is 0. The van der Waals surface area contributed by atoms with Gasteiger partial charge in [0.1, 0.15) is 11.5 Å². The van der Waals surface area contributed by atoms with Gasteiger partial charge in [0.2, 0.25) is 5.91 Å². The second kappa shape index (κ2) is 9.55. The third-order valence-electron chi connectivity index (χ3n) is 5.57. The van der Waals surface area contributed by atoms with E-state index in [1.807, 2.05) is 48.5 Å². The van der Waals surface area contributed by atoms with E-state index >= 15 is 0 Å². The van der Waals surface area contributed by atoms with Gasteiger partial charge in [-0.25, -0.2) is 0 Å². The highest BCUT2D eigenvalue weighted by molar-refractivity contribution is 5.79. The van der Waals surface area contributed by atoms with E-state index in [9.17, 15) is 4.79 Å². The molecule has 31 heavy (non-hydrogen) atoms. The van der Waals surface area contributed by atoms with Crippen LogP contribution >= 0.6 is 0 Å². The lowest BCUT2D eigenvalue weighted by Gasteiger charge is -2.33. The first kappa shape index (κ1) is 20.8. The number of nitrogens with zero attached hydrogens (tertiary/aromatic N) is 2. The molecule has 0 aliphatic carbocycles. The Hall–Kier alpha value is -3.48. The van der Waals surface area contributed by atoms with Crippen LogP contribution in [0.5, 0.6) is 11.5 Å². The van der Waals surface area contributed by atoms with Crippen molar-refractivity contribution in [2.24, 2.45) is 0 Å². The monoisotopic (exact) mass is 420 g/mol. The number of aromatic amines is 1. The molecule has 162 valence electrons. The topological polar surface area (TPSA) is 79.5 Å². The molecule has 1 fully saturated rings. The van der Waals surface area contributed by atoms with Gasteiger partial charge in [-0.05, 0) is 60.4 Å². The zero-order valence-electron chi connectivity index (χ0n) is 17.9. The van der Waals surface area contributed by atoms with E-state index in [4.69, 9.17) is 9.47 Å². The van der Waals surface area contributed by atoms with Crippen LogP contribution in [0, 0.1) is 0 Å². The maximum absolute atomic E-state index is 12.6. The number of aromatic nitrogens is 2. The molecule has 7 heteroatoms. The van der Waals surface area contributed by atoms with Crippen molar-refractivity contribution in [1.82, 2.24) is 15.5 Å². The SMILES string of the molecule is COc1ccc(-c2cc(N3CCC[C@@H](NC(=O)Cc4cccc(OC)c4)C3)n[nH]2)cc1. The molecule has 1 saturated heterocycles. The van der Waals surface area contributed by atoms with Crippen molar-refractivity contribution in [3.05, 3.63) is 60.2 Å². The molecule has 1 atom stereocenters. The van der Waals surface area contributed by atoms with Crippen molar-refractivity contribution in [2.75, 3.05) is 32.2 Å². The molecule has 0 radical (unpaired) electrons. The summed E-state index contributed by atoms with van der Waals surface area (Å²) in [5.74, 6) is 2.52. The highest BCUT2D eigenvalue weighted by Crippen LogP contribution is 2.25. The molecule has 2 heterocycles. The Morgan fingerprint density at radius 3 is 2.71 bits per heavy atom. The summed E-state index contributed by atoms with van der Waals surface area (Å²) in [6, 6.07) is 17.7. The molecular formula is C24H28N4O3. The molecule has 1 aromatic heterocycles. The molecule has 0 bridgehead atoms. The zero-order valence-corrected chi connectivity index (χ0v) is 17.9. The van der Waals surface area contributed by atoms with Gasteiger partial charge in [0.15, 0.2) is 5.82 Å². The van der Waals surface area contributed by atoms with Crippen LogP contribution in [-0.2, 0) is 11.2 Å². The van der Waals surface area contributed by atoms with Gasteiger partial charge in [0.05, 0.1) is 26.3 Å². The van der Waals surface area contributed by atoms with Gasteiger partial charge in [0, 0.05) is 25.2 Å². The Morgan fingerprint density at radius 1 is 1.13 bits per heavy atom. The number of methoxy groups -OCH3 is 2. The quantitative estimate of drug-likeness (QED) is 0.612. The van der Waals surface area contributed by atoms with Gasteiger partial charge in [-0.15, -0.1) is 0 Å². The van der Waals surface area contributed by atoms with Crippen LogP contribution in [0.25, 0.3) is 11.3 Å². The fraction of sp³-hybridized carbons (Fsp3) is 0.333. The summed E-state index contributed by atoms with van der Waals surface area (Å²) in [6.45, 7) is 1.67. The first-order valence-electron chi connectivity index (χ1n) is 10.5. The van der Waals surface area contributed by atoms with Crippen molar-refractivity contribution < 1.29 is 14.3 Å². The molecule has 0 saturated carbocycles. The second-order valence-electron chi connectivity index (χ2n) is 7.75. The van der Waals surface area contributed by atoms with E-state index < -0.39 is 0 Å². The Morgan fingerprint density at radius 2 is 1.94 bits per heavy atom. The number of anilines is 1. The molecule has 2 aromatic carbocycles. The normalized spacial score (nSPS) is 16.1. The van der Waals surface area contributed by atoms with Crippen LogP contribution < -0.4 is 19.7 Å². The molecule has 7 nitrogen and oxygen atoms in total. The minimum Gasteiger partial charge on any atom is -0.497 e. The number of rotatable bonds is 7. The van der Waals surface area contributed by atoms with Crippen molar-refractivity contribution in [3.63, 3.8) is 0 Å². The zero-order chi connectivity index (χ0) is 21.6. The second-order valence-corrected chi connectivity index (χ2v) is 7.75. The summed E-state index contributed by atoms with van der Waals surface area (Å²) in [6.07, 6.45) is 2.32. The Labute approximate surface area is 182 Å². The predicted octanol–water partition coefficient (Wildman–Crippen LogP) is 3.42. The average Bonchev–Trinajstić information content (AvgIpc) is 3.30. The lowest BCUT2D eigenvalue weighted by molar-refractivity contribution is -0.121. The summed E-state index contributed by atoms with van der Waals surface area (Å²) in [5, 5.41) is 10.8. The lowest BCUT2D eigenvalue weighted by Crippen LogP contribution is -2.48. The number of hydrogen-bond donors (Lipinski definition) is 2. The molecule has 1 aliphatic rings. The van der Waals surface area contributed by atoms with Gasteiger partial charge in [-0.3, -0.25) is 9.89 Å². The fourth-order valence-corrected chi connectivity index (χ4v) is 3.94.